The Morgan fingerprint density at radius 3 is 2.81 bits per heavy atom. The van der Waals surface area contributed by atoms with Crippen molar-refractivity contribution in [2.75, 3.05) is 7.11 Å². The molecule has 3 heteroatoms. The summed E-state index contributed by atoms with van der Waals surface area (Å²) in [6.07, 6.45) is 1.72. The molecular formula is C13H16O3. The van der Waals surface area contributed by atoms with Gasteiger partial charge in [0.15, 0.2) is 6.10 Å². The van der Waals surface area contributed by atoms with Gasteiger partial charge >= 0.3 is 5.97 Å². The smallest absolute Gasteiger partial charge is 0.335 e. The average molecular weight is 220 g/mol. The molecular weight excluding hydrogens is 204 g/mol. The van der Waals surface area contributed by atoms with Gasteiger partial charge in [-0.15, -0.1) is 0 Å². The van der Waals surface area contributed by atoms with Gasteiger partial charge in [-0.05, 0) is 29.9 Å². The molecule has 0 bridgehead atoms. The number of ether oxygens (including phenoxy) is 1. The lowest BCUT2D eigenvalue weighted by Gasteiger charge is -2.11. The third kappa shape index (κ3) is 2.42. The summed E-state index contributed by atoms with van der Waals surface area (Å²) >= 11 is 0. The predicted molar refractivity (Wildman–Crippen MR) is 60.1 cm³/mol. The van der Waals surface area contributed by atoms with Crippen LogP contribution < -0.4 is 0 Å². The second-order valence-corrected chi connectivity index (χ2v) is 4.22. The zero-order valence-corrected chi connectivity index (χ0v) is 9.35. The van der Waals surface area contributed by atoms with Gasteiger partial charge in [-0.2, -0.15) is 0 Å². The first kappa shape index (κ1) is 11.1. The Morgan fingerprint density at radius 1 is 1.50 bits per heavy atom. The van der Waals surface area contributed by atoms with Crippen molar-refractivity contribution in [1.29, 1.82) is 0 Å². The fraction of sp³-hybridized carbons (Fsp3) is 0.462. The molecule has 0 radical (unpaired) electrons. The van der Waals surface area contributed by atoms with Crippen LogP contribution in [-0.4, -0.2) is 24.3 Å². The van der Waals surface area contributed by atoms with E-state index >= 15 is 0 Å². The van der Waals surface area contributed by atoms with Crippen molar-refractivity contribution in [3.63, 3.8) is 0 Å². The van der Waals surface area contributed by atoms with Gasteiger partial charge in [-0.3, -0.25) is 0 Å². The number of methoxy groups -OCH3 is 1. The van der Waals surface area contributed by atoms with E-state index in [1.165, 1.54) is 25.5 Å². The highest BCUT2D eigenvalue weighted by Crippen LogP contribution is 2.41. The number of benzene rings is 1. The normalized spacial score (nSPS) is 16.9. The number of hydrogen-bond donors (Lipinski definition) is 1. The Labute approximate surface area is 95.0 Å². The maximum atomic E-state index is 11.1. The van der Waals surface area contributed by atoms with Gasteiger partial charge in [0.2, 0.25) is 0 Å². The third-order valence-electron chi connectivity index (χ3n) is 2.96. The van der Waals surface area contributed by atoms with Crippen LogP contribution >= 0.6 is 0 Å². The molecule has 0 saturated heterocycles. The summed E-state index contributed by atoms with van der Waals surface area (Å²) in [5.41, 5.74) is 2.33. The molecule has 0 heterocycles. The maximum absolute atomic E-state index is 11.1. The van der Waals surface area contributed by atoms with Crippen LogP contribution in [0.4, 0.5) is 0 Å². The van der Waals surface area contributed by atoms with Crippen molar-refractivity contribution >= 4 is 5.97 Å². The molecule has 1 unspecified atom stereocenters. The fourth-order valence-corrected chi connectivity index (χ4v) is 1.94. The number of aliphatic hydroxyl groups is 1. The number of hydrogen-bond acceptors (Lipinski definition) is 3. The summed E-state index contributed by atoms with van der Waals surface area (Å²) in [5, 5.41) is 9.62. The monoisotopic (exact) mass is 220 g/mol. The van der Waals surface area contributed by atoms with Gasteiger partial charge in [0, 0.05) is 6.42 Å². The second-order valence-electron chi connectivity index (χ2n) is 4.22. The van der Waals surface area contributed by atoms with Crippen molar-refractivity contribution in [2.24, 2.45) is 0 Å². The van der Waals surface area contributed by atoms with Crippen LogP contribution in [0.25, 0.3) is 0 Å². The standard InChI is InChI=1S/C13H16O3/c1-16-13(15)12(14)8-10-4-2-3-5-11(10)9-6-7-9/h2-5,9,12,14H,6-8H2,1H3. The van der Waals surface area contributed by atoms with Crippen molar-refractivity contribution in [3.8, 4) is 0 Å². The first-order valence-electron chi connectivity index (χ1n) is 5.56. The van der Waals surface area contributed by atoms with Crippen LogP contribution in [0.15, 0.2) is 24.3 Å². The molecule has 0 aliphatic heterocycles. The summed E-state index contributed by atoms with van der Waals surface area (Å²) in [6, 6.07) is 7.99. The molecule has 1 saturated carbocycles. The molecule has 16 heavy (non-hydrogen) atoms. The highest BCUT2D eigenvalue weighted by molar-refractivity contribution is 5.74. The van der Waals surface area contributed by atoms with E-state index in [1.54, 1.807) is 0 Å². The van der Waals surface area contributed by atoms with Crippen molar-refractivity contribution in [2.45, 2.75) is 31.3 Å². The average Bonchev–Trinajstić information content (AvgIpc) is 3.12. The molecule has 0 amide bonds. The van der Waals surface area contributed by atoms with Crippen LogP contribution in [0.3, 0.4) is 0 Å². The Balaban J connectivity index is 2.11. The largest absolute Gasteiger partial charge is 0.467 e. The van der Waals surface area contributed by atoms with E-state index in [0.717, 1.165) is 5.56 Å². The van der Waals surface area contributed by atoms with Gasteiger partial charge in [0.1, 0.15) is 0 Å². The zero-order chi connectivity index (χ0) is 11.5. The highest BCUT2D eigenvalue weighted by atomic mass is 16.5. The van der Waals surface area contributed by atoms with Crippen molar-refractivity contribution in [1.82, 2.24) is 0 Å². The van der Waals surface area contributed by atoms with E-state index in [0.29, 0.717) is 12.3 Å². The minimum absolute atomic E-state index is 0.347. The quantitative estimate of drug-likeness (QED) is 0.785. The molecule has 0 aromatic heterocycles. The minimum atomic E-state index is -1.05. The molecule has 1 fully saturated rings. The van der Waals surface area contributed by atoms with Gasteiger partial charge in [-0.25, -0.2) is 4.79 Å². The number of carbonyl (C=O) groups is 1. The van der Waals surface area contributed by atoms with Crippen LogP contribution in [0, 0.1) is 0 Å². The van der Waals surface area contributed by atoms with Crippen molar-refractivity contribution in [3.05, 3.63) is 35.4 Å². The maximum Gasteiger partial charge on any atom is 0.335 e. The van der Waals surface area contributed by atoms with Crippen LogP contribution in [0.5, 0.6) is 0 Å². The lowest BCUT2D eigenvalue weighted by molar-refractivity contribution is -0.150. The van der Waals surface area contributed by atoms with Crippen LogP contribution in [0.1, 0.15) is 29.9 Å². The number of carbonyl (C=O) groups excluding carboxylic acids is 1. The van der Waals surface area contributed by atoms with Crippen molar-refractivity contribution < 1.29 is 14.6 Å². The van der Waals surface area contributed by atoms with Gasteiger partial charge in [0.25, 0.3) is 0 Å². The van der Waals surface area contributed by atoms with E-state index in [2.05, 4.69) is 10.8 Å². The topological polar surface area (TPSA) is 46.5 Å². The molecule has 1 N–H and O–H groups in total. The Hall–Kier alpha value is -1.35. The molecule has 86 valence electrons. The molecule has 1 atom stereocenters. The van der Waals surface area contributed by atoms with E-state index in [-0.39, 0.29) is 0 Å². The minimum Gasteiger partial charge on any atom is -0.467 e. The Kier molecular flexibility index (Phi) is 3.25. The van der Waals surface area contributed by atoms with Gasteiger partial charge in [-0.1, -0.05) is 24.3 Å². The summed E-state index contributed by atoms with van der Waals surface area (Å²) < 4.78 is 4.51. The molecule has 3 nitrogen and oxygen atoms in total. The number of esters is 1. The van der Waals surface area contributed by atoms with Crippen LogP contribution in [0.2, 0.25) is 0 Å². The molecule has 0 spiro atoms. The molecule has 1 aromatic rings. The SMILES string of the molecule is COC(=O)C(O)Cc1ccccc1C1CC1. The second kappa shape index (κ2) is 4.66. The number of aliphatic hydroxyl groups excluding tert-OH is 1. The Bertz CT molecular complexity index is 383. The van der Waals surface area contributed by atoms with E-state index in [1.807, 2.05) is 18.2 Å². The van der Waals surface area contributed by atoms with E-state index < -0.39 is 12.1 Å². The molecule has 1 aliphatic carbocycles. The molecule has 1 aliphatic rings. The predicted octanol–water partition coefficient (Wildman–Crippen LogP) is 1.64. The third-order valence-corrected chi connectivity index (χ3v) is 2.96. The molecule has 2 rings (SSSR count). The Morgan fingerprint density at radius 2 is 2.19 bits per heavy atom. The zero-order valence-electron chi connectivity index (χ0n) is 9.35. The van der Waals surface area contributed by atoms with Gasteiger partial charge in [0.05, 0.1) is 7.11 Å². The fourth-order valence-electron chi connectivity index (χ4n) is 1.94. The summed E-state index contributed by atoms with van der Waals surface area (Å²) in [7, 11) is 1.29. The highest BCUT2D eigenvalue weighted by Gasteiger charge is 2.27. The van der Waals surface area contributed by atoms with Gasteiger partial charge < -0.3 is 9.84 Å². The lowest BCUT2D eigenvalue weighted by Crippen LogP contribution is -2.24. The number of rotatable bonds is 4. The lowest BCUT2D eigenvalue weighted by atomic mass is 9.98. The summed E-state index contributed by atoms with van der Waals surface area (Å²) in [4.78, 5) is 11.1. The summed E-state index contributed by atoms with van der Waals surface area (Å²) in [6.45, 7) is 0. The van der Waals surface area contributed by atoms with E-state index in [9.17, 15) is 9.90 Å². The molecule has 1 aromatic carbocycles. The van der Waals surface area contributed by atoms with Crippen LogP contribution in [-0.2, 0) is 16.0 Å². The summed E-state index contributed by atoms with van der Waals surface area (Å²) in [5.74, 6) is 0.0617. The first-order valence-corrected chi connectivity index (χ1v) is 5.56. The van der Waals surface area contributed by atoms with E-state index in [4.69, 9.17) is 0 Å². The first-order chi connectivity index (χ1) is 7.72.